The molecule has 7 atom stereocenters. The lowest BCUT2D eigenvalue weighted by atomic mass is 9.52. The SMILES string of the molecule is CCC(C)C(=O)OC12CC3CC(CC(O)(C3)C1)C2.CCC(C)C(=O)Oc1ccc(O)cc1.CCC(C)c1ccc(OC(=O)OC(C)(C)C)cc1.CCC(C)c1ccc(OS(=O)(=O)CCOc2c(F)c(F)c(S(=O)(=O)[O-])c(F)c2F)cc1.CCCCC(CC)CO[n+]1ccc(-c2ccccc2)cc1. The number of benzene rings is 5. The minimum absolute atomic E-state index is 0.0207. The van der Waals surface area contributed by atoms with Gasteiger partial charge in [-0.15, -0.1) is 0 Å². The van der Waals surface area contributed by atoms with E-state index in [-0.39, 0.29) is 46.8 Å². The molecule has 2 N–H and O–H groups in total. The largest absolute Gasteiger partial charge is 0.744 e. The number of pyridine rings is 1. The van der Waals surface area contributed by atoms with E-state index >= 15 is 0 Å². The van der Waals surface area contributed by atoms with Gasteiger partial charge in [0.15, 0.2) is 24.0 Å². The van der Waals surface area contributed by atoms with Crippen LogP contribution in [0.3, 0.4) is 0 Å². The predicted octanol–water partition coefficient (Wildman–Crippen LogP) is 17.3. The number of carbonyl (C=O) groups is 3. The maximum Gasteiger partial charge on any atom is 0.514 e. The molecule has 102 heavy (non-hydrogen) atoms. The molecule has 6 aromatic rings. The number of phenolic OH excluding ortho intramolecular Hbond substituents is 1. The number of aromatic hydroxyl groups is 1. The first-order valence-corrected chi connectivity index (χ1v) is 38.1. The van der Waals surface area contributed by atoms with Gasteiger partial charge in [0.1, 0.15) is 61.6 Å². The summed E-state index contributed by atoms with van der Waals surface area (Å²) >= 11 is 0. The summed E-state index contributed by atoms with van der Waals surface area (Å²) < 4.78 is 144. The van der Waals surface area contributed by atoms with Gasteiger partial charge >= 0.3 is 28.2 Å². The van der Waals surface area contributed by atoms with Gasteiger partial charge in [-0.3, -0.25) is 14.4 Å². The molecule has 7 unspecified atom stereocenters. The zero-order valence-corrected chi connectivity index (χ0v) is 62.6. The Morgan fingerprint density at radius 3 is 1.59 bits per heavy atom. The topological polar surface area (TPSA) is 251 Å². The van der Waals surface area contributed by atoms with Crippen LogP contribution in [0.5, 0.6) is 28.7 Å². The van der Waals surface area contributed by atoms with Crippen molar-refractivity contribution >= 4 is 38.3 Å². The van der Waals surface area contributed by atoms with Crippen LogP contribution < -0.4 is 28.0 Å². The van der Waals surface area contributed by atoms with E-state index in [4.69, 9.17) is 33.1 Å². The van der Waals surface area contributed by atoms with Gasteiger partial charge in [0.2, 0.25) is 24.0 Å². The monoisotopic (exact) mass is 1470 g/mol. The van der Waals surface area contributed by atoms with E-state index in [0.717, 1.165) is 63.5 Å². The Morgan fingerprint density at radius 1 is 0.627 bits per heavy atom. The normalized spacial score (nSPS) is 18.7. The van der Waals surface area contributed by atoms with E-state index < -0.39 is 83.9 Å². The third-order valence-corrected chi connectivity index (χ3v) is 20.2. The van der Waals surface area contributed by atoms with E-state index in [2.05, 4.69) is 68.8 Å². The highest BCUT2D eigenvalue weighted by atomic mass is 32.2. The number of hydrogen-bond donors (Lipinski definition) is 2. The number of aliphatic hydroxyl groups is 1. The molecule has 4 saturated carbocycles. The number of halogens is 4. The summed E-state index contributed by atoms with van der Waals surface area (Å²) in [6.07, 6.45) is 17.6. The van der Waals surface area contributed by atoms with Crippen molar-refractivity contribution in [3.8, 4) is 39.9 Å². The van der Waals surface area contributed by atoms with Crippen LogP contribution in [0.4, 0.5) is 22.4 Å². The molecule has 4 aliphatic carbocycles. The molecular formula is C78H103F4NO17S2. The fraction of sp³-hybridized carbons (Fsp3) is 0.513. The third-order valence-electron chi connectivity index (χ3n) is 18.2. The van der Waals surface area contributed by atoms with Crippen molar-refractivity contribution in [2.75, 3.05) is 19.0 Å². The third kappa shape index (κ3) is 26.8. The highest BCUT2D eigenvalue weighted by Gasteiger charge is 2.59. The molecule has 0 spiro atoms. The second-order valence-corrected chi connectivity index (χ2v) is 30.7. The molecule has 0 saturated heterocycles. The van der Waals surface area contributed by atoms with Crippen LogP contribution in [-0.4, -0.2) is 85.5 Å². The highest BCUT2D eigenvalue weighted by Crippen LogP contribution is 2.59. The summed E-state index contributed by atoms with van der Waals surface area (Å²) in [6.45, 7) is 25.7. The van der Waals surface area contributed by atoms with Crippen molar-refractivity contribution in [1.29, 1.82) is 0 Å². The van der Waals surface area contributed by atoms with Gasteiger partial charge in [-0.1, -0.05) is 137 Å². The Balaban J connectivity index is 0.000000236. The molecule has 24 heteroatoms. The molecule has 562 valence electrons. The summed E-state index contributed by atoms with van der Waals surface area (Å²) in [7, 11) is -10.2. The standard InChI is InChI=1S/C19H26NO.C18H18F4O7S2.C15H24O3.C15H22O3.C11H14O3/c1-3-5-9-17(4-2)16-21-20-14-12-19(13-15-20)18-10-7-6-8-11-18;1-3-10(2)11-4-6-12(7-5-11)29-30(23,24)9-8-28-17-13(19)15(21)18(31(25,26)27)16(22)14(17)20;1-3-10(2)13(16)18-15-7-11-4-12(8-15)6-14(17,5-11)9-15;1-6-11(2)12-7-9-13(10-8-12)17-14(16)18-15(3,4)5;1-3-8(2)11(13)14-10-6-4-9(12)5-7-10/h6-8,10-15,17H,3-5,9,16H2,1-2H3;4-7,10H,3,8-9H2,1-2H3,(H,25,26,27);10-12,17H,3-9H2,1-2H3;7-11H,6H2,1-5H3;4-8,12H,3H2,1-2H3/q+1;;;;/p-1. The summed E-state index contributed by atoms with van der Waals surface area (Å²) in [5.41, 5.74) is 3.24. The Hall–Kier alpha value is -7.80. The molecule has 4 fully saturated rings. The van der Waals surface area contributed by atoms with Crippen LogP contribution in [0.15, 0.2) is 133 Å². The molecule has 0 aliphatic heterocycles. The van der Waals surface area contributed by atoms with Gasteiger partial charge in [-0.05, 0) is 192 Å². The Labute approximate surface area is 600 Å². The van der Waals surface area contributed by atoms with Gasteiger partial charge in [0.05, 0.1) is 17.4 Å². The summed E-state index contributed by atoms with van der Waals surface area (Å²) in [5, 5.41) is 19.6. The van der Waals surface area contributed by atoms with Crippen LogP contribution in [0.1, 0.15) is 203 Å². The van der Waals surface area contributed by atoms with Crippen molar-refractivity contribution in [2.45, 2.75) is 213 Å². The number of esters is 2. The summed E-state index contributed by atoms with van der Waals surface area (Å²) in [6, 6.07) is 34.4. The van der Waals surface area contributed by atoms with Crippen LogP contribution in [-0.2, 0) is 39.3 Å². The highest BCUT2D eigenvalue weighted by molar-refractivity contribution is 7.87. The van der Waals surface area contributed by atoms with Crippen LogP contribution >= 0.6 is 0 Å². The van der Waals surface area contributed by atoms with Gasteiger partial charge in [-0.2, -0.15) is 17.2 Å². The van der Waals surface area contributed by atoms with E-state index in [1.807, 2.05) is 76.9 Å². The Kier molecular flexibility index (Phi) is 32.6. The second kappa shape index (κ2) is 39.2. The van der Waals surface area contributed by atoms with Crippen LogP contribution in [0, 0.1) is 52.9 Å². The fourth-order valence-corrected chi connectivity index (χ4v) is 13.4. The summed E-state index contributed by atoms with van der Waals surface area (Å²) in [5.74, 6) is -9.00. The van der Waals surface area contributed by atoms with E-state index in [0.29, 0.717) is 41.6 Å². The number of unbranched alkanes of at least 4 members (excludes halogenated alkanes) is 1. The molecular weight excluding hydrogens is 1360 g/mol. The smallest absolute Gasteiger partial charge is 0.514 e. The lowest BCUT2D eigenvalue weighted by Gasteiger charge is -2.59. The van der Waals surface area contributed by atoms with Gasteiger partial charge in [-0.25, -0.2) is 22.0 Å². The first-order chi connectivity index (χ1) is 48.0. The molecule has 18 nitrogen and oxygen atoms in total. The molecule has 5 aromatic carbocycles. The second-order valence-electron chi connectivity index (χ2n) is 27.7. The first kappa shape index (κ1) is 84.9. The van der Waals surface area contributed by atoms with Gasteiger partial charge < -0.3 is 42.6 Å². The molecule has 1 heterocycles. The minimum Gasteiger partial charge on any atom is -0.744 e. The van der Waals surface area contributed by atoms with Crippen molar-refractivity contribution in [1.82, 2.24) is 0 Å². The van der Waals surface area contributed by atoms with Crippen LogP contribution in [0.2, 0.25) is 0 Å². The summed E-state index contributed by atoms with van der Waals surface area (Å²) in [4.78, 5) is 38.4. The van der Waals surface area contributed by atoms with Gasteiger partial charge in [0.25, 0.3) is 0 Å². The number of nitrogens with zero attached hydrogens (tertiary/aromatic N) is 1. The minimum atomic E-state index is -5.87. The van der Waals surface area contributed by atoms with Crippen molar-refractivity contribution in [3.05, 3.63) is 162 Å². The predicted molar refractivity (Wildman–Crippen MR) is 379 cm³/mol. The lowest BCUT2D eigenvalue weighted by molar-refractivity contribution is -0.892. The van der Waals surface area contributed by atoms with E-state index in [1.54, 1.807) is 57.2 Å². The zero-order valence-electron chi connectivity index (χ0n) is 61.0. The maximum atomic E-state index is 13.8. The molecule has 4 bridgehead atoms. The Morgan fingerprint density at radius 2 is 1.12 bits per heavy atom. The van der Waals surface area contributed by atoms with Crippen molar-refractivity contribution < 1.29 is 101 Å². The average molecular weight is 1470 g/mol. The lowest BCUT2D eigenvalue weighted by Crippen LogP contribution is -2.60. The fourth-order valence-electron chi connectivity index (χ4n) is 12.0. The molecule has 1 aromatic heterocycles. The van der Waals surface area contributed by atoms with Gasteiger partial charge in [0, 0.05) is 23.3 Å². The molecule has 0 radical (unpaired) electrons. The molecule has 4 aliphatic rings. The number of aromatic nitrogens is 1. The van der Waals surface area contributed by atoms with Crippen LogP contribution in [0.25, 0.3) is 11.1 Å². The van der Waals surface area contributed by atoms with E-state index in [1.165, 1.54) is 73.1 Å². The molecule has 10 rings (SSSR count). The van der Waals surface area contributed by atoms with Crippen molar-refractivity contribution in [3.63, 3.8) is 0 Å². The van der Waals surface area contributed by atoms with E-state index in [9.17, 15) is 58.4 Å². The zero-order chi connectivity index (χ0) is 75.8. The van der Waals surface area contributed by atoms with Crippen molar-refractivity contribution in [2.24, 2.45) is 29.6 Å². The number of phenols is 1. The first-order valence-electron chi connectivity index (χ1n) is 35.1. The number of ether oxygens (including phenoxy) is 5. The quantitative estimate of drug-likeness (QED) is 0.00748. The average Bonchev–Trinajstić information content (AvgIpc) is 0.731. The molecule has 0 amide bonds. The number of carbonyl (C=O) groups excluding carboxylic acids is 3. The number of rotatable bonds is 26. The Bertz CT molecular complexity index is 3800. The maximum absolute atomic E-state index is 13.8. The number of hydrogen-bond acceptors (Lipinski definition) is 17.